The van der Waals surface area contributed by atoms with E-state index in [4.69, 9.17) is 14.6 Å². The number of carbonyl (C=O) groups excluding carboxylic acids is 1. The van der Waals surface area contributed by atoms with Crippen LogP contribution in [-0.4, -0.2) is 34.3 Å². The molecule has 1 aliphatic carbocycles. The molecular formula is C17H19N3O5S. The Kier molecular flexibility index (Phi) is 4.82. The molecule has 0 unspecified atom stereocenters. The molecule has 2 atom stereocenters. The van der Waals surface area contributed by atoms with Crippen molar-refractivity contribution in [2.75, 3.05) is 12.4 Å². The molecule has 9 heteroatoms. The van der Waals surface area contributed by atoms with E-state index >= 15 is 0 Å². The number of aliphatic carboxylic acids is 1. The van der Waals surface area contributed by atoms with Crippen molar-refractivity contribution in [2.45, 2.75) is 20.5 Å². The summed E-state index contributed by atoms with van der Waals surface area (Å²) in [6, 6.07) is 7.14. The summed E-state index contributed by atoms with van der Waals surface area (Å²) in [6.45, 7) is 3.75. The van der Waals surface area contributed by atoms with Gasteiger partial charge in [0.2, 0.25) is 11.0 Å². The highest BCUT2D eigenvalue weighted by atomic mass is 32.1. The van der Waals surface area contributed by atoms with Crippen LogP contribution < -0.4 is 14.8 Å². The Morgan fingerprint density at radius 1 is 1.19 bits per heavy atom. The quantitative estimate of drug-likeness (QED) is 0.762. The molecule has 1 aromatic heterocycles. The molecule has 1 amide bonds. The Balaban J connectivity index is 1.55. The molecule has 8 nitrogen and oxygen atoms in total. The molecule has 3 rings (SSSR count). The van der Waals surface area contributed by atoms with Crippen molar-refractivity contribution in [2.24, 2.45) is 17.3 Å². The van der Waals surface area contributed by atoms with Crippen molar-refractivity contribution in [1.82, 2.24) is 10.2 Å². The van der Waals surface area contributed by atoms with Gasteiger partial charge in [0.15, 0.2) is 5.01 Å². The highest BCUT2D eigenvalue weighted by Crippen LogP contribution is 2.58. The summed E-state index contributed by atoms with van der Waals surface area (Å²) in [5.41, 5.74) is -0.555. The topological polar surface area (TPSA) is 111 Å². The van der Waals surface area contributed by atoms with Gasteiger partial charge in [0.05, 0.1) is 18.9 Å². The van der Waals surface area contributed by atoms with Crippen LogP contribution in [0.2, 0.25) is 0 Å². The molecule has 1 heterocycles. The zero-order chi connectivity index (χ0) is 18.9. The van der Waals surface area contributed by atoms with Crippen LogP contribution in [0.3, 0.4) is 0 Å². The Hall–Kier alpha value is -2.68. The van der Waals surface area contributed by atoms with Crippen molar-refractivity contribution < 1.29 is 24.2 Å². The van der Waals surface area contributed by atoms with Crippen molar-refractivity contribution in [3.63, 3.8) is 0 Å². The van der Waals surface area contributed by atoms with Crippen molar-refractivity contribution in [3.8, 4) is 11.5 Å². The summed E-state index contributed by atoms with van der Waals surface area (Å²) in [6.07, 6.45) is 0. The molecule has 138 valence electrons. The summed E-state index contributed by atoms with van der Waals surface area (Å²) in [5.74, 6) is -1.14. The second kappa shape index (κ2) is 6.91. The lowest BCUT2D eigenvalue weighted by Crippen LogP contribution is -2.17. The minimum absolute atomic E-state index is 0.215. The van der Waals surface area contributed by atoms with Gasteiger partial charge in [-0.2, -0.15) is 0 Å². The van der Waals surface area contributed by atoms with Gasteiger partial charge in [0, 0.05) is 0 Å². The number of methoxy groups -OCH3 is 1. The lowest BCUT2D eigenvalue weighted by atomic mass is 10.1. The number of anilines is 1. The number of rotatable bonds is 7. The van der Waals surface area contributed by atoms with Gasteiger partial charge in [0.1, 0.15) is 18.1 Å². The fraction of sp³-hybridized carbons (Fsp3) is 0.412. The zero-order valence-electron chi connectivity index (χ0n) is 14.6. The fourth-order valence-corrected chi connectivity index (χ4v) is 3.61. The summed E-state index contributed by atoms with van der Waals surface area (Å²) in [4.78, 5) is 23.5. The second-order valence-electron chi connectivity index (χ2n) is 6.57. The number of amides is 1. The normalized spacial score (nSPS) is 20.3. The number of carboxylic acids is 1. The van der Waals surface area contributed by atoms with Gasteiger partial charge in [-0.3, -0.25) is 9.59 Å². The standard InChI is InChI=1S/C17H19N3O5S/c1-17(2)12(13(17)15(22)23)14(21)18-16-20-19-11(26-16)8-25-10-6-4-9(24-3)5-7-10/h4-7,12-13H,8H2,1-3H3,(H,22,23)(H,18,20,21)/t12-,13-/m1/s1. The van der Waals surface area contributed by atoms with E-state index in [0.717, 1.165) is 5.75 Å². The number of carbonyl (C=O) groups is 2. The van der Waals surface area contributed by atoms with Gasteiger partial charge < -0.3 is 19.9 Å². The average Bonchev–Trinajstić information content (AvgIpc) is 2.95. The van der Waals surface area contributed by atoms with Crippen LogP contribution in [0.1, 0.15) is 18.9 Å². The van der Waals surface area contributed by atoms with Gasteiger partial charge in [-0.15, -0.1) is 10.2 Å². The molecule has 0 saturated heterocycles. The summed E-state index contributed by atoms with van der Waals surface area (Å²) in [7, 11) is 1.59. The first-order valence-electron chi connectivity index (χ1n) is 7.96. The van der Waals surface area contributed by atoms with Gasteiger partial charge >= 0.3 is 5.97 Å². The molecule has 1 aliphatic rings. The first-order valence-corrected chi connectivity index (χ1v) is 8.77. The molecule has 1 fully saturated rings. The predicted octanol–water partition coefficient (Wildman–Crippen LogP) is 2.42. The van der Waals surface area contributed by atoms with E-state index in [1.807, 2.05) is 0 Å². The van der Waals surface area contributed by atoms with E-state index in [-0.39, 0.29) is 12.5 Å². The Morgan fingerprint density at radius 2 is 1.85 bits per heavy atom. The van der Waals surface area contributed by atoms with Crippen molar-refractivity contribution >= 4 is 28.3 Å². The Bertz CT molecular complexity index is 818. The number of benzene rings is 1. The second-order valence-corrected chi connectivity index (χ2v) is 7.63. The molecule has 2 N–H and O–H groups in total. The van der Waals surface area contributed by atoms with Crippen LogP contribution in [0.15, 0.2) is 24.3 Å². The van der Waals surface area contributed by atoms with Crippen LogP contribution in [-0.2, 0) is 16.2 Å². The number of nitrogens with one attached hydrogen (secondary N) is 1. The van der Waals surface area contributed by atoms with E-state index in [9.17, 15) is 9.59 Å². The summed E-state index contributed by atoms with van der Waals surface area (Å²) >= 11 is 1.19. The minimum Gasteiger partial charge on any atom is -0.497 e. The molecule has 1 aromatic carbocycles. The lowest BCUT2D eigenvalue weighted by Gasteiger charge is -2.04. The van der Waals surface area contributed by atoms with E-state index in [2.05, 4.69) is 15.5 Å². The average molecular weight is 377 g/mol. The number of hydrogen-bond donors (Lipinski definition) is 2. The largest absolute Gasteiger partial charge is 0.497 e. The SMILES string of the molecule is COc1ccc(OCc2nnc(NC(=O)[C@H]3[C@H](C(=O)O)C3(C)C)s2)cc1. The molecule has 2 aromatic rings. The van der Waals surface area contributed by atoms with Crippen LogP contribution in [0.4, 0.5) is 5.13 Å². The smallest absolute Gasteiger partial charge is 0.307 e. The Morgan fingerprint density at radius 3 is 2.42 bits per heavy atom. The molecule has 0 bridgehead atoms. The van der Waals surface area contributed by atoms with Crippen LogP contribution >= 0.6 is 11.3 Å². The third-order valence-electron chi connectivity index (χ3n) is 4.49. The highest BCUT2D eigenvalue weighted by Gasteiger charge is 2.66. The molecular weight excluding hydrogens is 358 g/mol. The maximum Gasteiger partial charge on any atom is 0.307 e. The number of nitrogens with zero attached hydrogens (tertiary/aromatic N) is 2. The third-order valence-corrected chi connectivity index (χ3v) is 5.31. The van der Waals surface area contributed by atoms with E-state index in [0.29, 0.717) is 15.9 Å². The van der Waals surface area contributed by atoms with E-state index in [1.54, 1.807) is 45.2 Å². The van der Waals surface area contributed by atoms with E-state index in [1.165, 1.54) is 11.3 Å². The van der Waals surface area contributed by atoms with Gasteiger partial charge in [-0.1, -0.05) is 25.2 Å². The molecule has 0 radical (unpaired) electrons. The van der Waals surface area contributed by atoms with Gasteiger partial charge in [0.25, 0.3) is 0 Å². The molecule has 0 aliphatic heterocycles. The van der Waals surface area contributed by atoms with Crippen molar-refractivity contribution in [1.29, 1.82) is 0 Å². The third kappa shape index (κ3) is 3.62. The fourth-order valence-electron chi connectivity index (χ4n) is 2.95. The number of aromatic nitrogens is 2. The molecule has 1 saturated carbocycles. The van der Waals surface area contributed by atoms with Crippen molar-refractivity contribution in [3.05, 3.63) is 29.3 Å². The lowest BCUT2D eigenvalue weighted by molar-refractivity contribution is -0.140. The van der Waals surface area contributed by atoms with E-state index < -0.39 is 23.2 Å². The molecule has 26 heavy (non-hydrogen) atoms. The summed E-state index contributed by atoms with van der Waals surface area (Å²) in [5, 5.41) is 20.6. The first-order chi connectivity index (χ1) is 12.3. The van der Waals surface area contributed by atoms with Crippen LogP contribution in [0, 0.1) is 17.3 Å². The van der Waals surface area contributed by atoms with Crippen LogP contribution in [0.5, 0.6) is 11.5 Å². The maximum atomic E-state index is 12.3. The highest BCUT2D eigenvalue weighted by molar-refractivity contribution is 7.15. The monoisotopic (exact) mass is 377 g/mol. The first kappa shape index (κ1) is 18.1. The van der Waals surface area contributed by atoms with Gasteiger partial charge in [-0.25, -0.2) is 0 Å². The minimum atomic E-state index is -0.957. The number of ether oxygens (including phenoxy) is 2. The molecule has 0 spiro atoms. The van der Waals surface area contributed by atoms with Crippen LogP contribution in [0.25, 0.3) is 0 Å². The number of hydrogen-bond acceptors (Lipinski definition) is 7. The zero-order valence-corrected chi connectivity index (χ0v) is 15.4. The summed E-state index contributed by atoms with van der Waals surface area (Å²) < 4.78 is 10.7. The van der Waals surface area contributed by atoms with Gasteiger partial charge in [-0.05, 0) is 29.7 Å². The number of carboxylic acid groups (broad SMARTS) is 1. The predicted molar refractivity (Wildman–Crippen MR) is 94.3 cm³/mol. The maximum absolute atomic E-state index is 12.3. The Labute approximate surface area is 154 Å².